The molecular weight excluding hydrogens is 608 g/mol. The minimum absolute atomic E-state index is 0.156. The molecular formula is C24H16Br2O8S. The Balaban J connectivity index is 1.71. The summed E-state index contributed by atoms with van der Waals surface area (Å²) in [7, 11) is -4.55. The molecule has 3 aromatic carbocycles. The number of hydrogen-bond donors (Lipinski definition) is 2. The zero-order valence-electron chi connectivity index (χ0n) is 17.9. The lowest BCUT2D eigenvalue weighted by molar-refractivity contribution is 0.0696. The molecule has 0 saturated heterocycles. The zero-order chi connectivity index (χ0) is 25.5. The molecule has 0 spiro atoms. The number of phenols is 1. The molecule has 0 aliphatic heterocycles. The highest BCUT2D eigenvalue weighted by Crippen LogP contribution is 2.39. The average molecular weight is 624 g/mol. The summed E-state index contributed by atoms with van der Waals surface area (Å²) in [6.45, 7) is 1.88. The first-order valence-corrected chi connectivity index (χ1v) is 13.1. The third-order valence-electron chi connectivity index (χ3n) is 5.15. The van der Waals surface area contributed by atoms with Crippen LogP contribution in [0.5, 0.6) is 11.5 Å². The molecule has 8 nitrogen and oxygen atoms in total. The maximum absolute atomic E-state index is 13.4. The van der Waals surface area contributed by atoms with Crippen LogP contribution < -0.4 is 4.18 Å². The van der Waals surface area contributed by atoms with Crippen LogP contribution in [0, 0.1) is 0 Å². The van der Waals surface area contributed by atoms with Gasteiger partial charge in [0, 0.05) is 17.4 Å². The van der Waals surface area contributed by atoms with Crippen LogP contribution in [-0.2, 0) is 16.5 Å². The molecule has 11 heteroatoms. The number of rotatable bonds is 7. The van der Waals surface area contributed by atoms with Crippen molar-refractivity contribution < 1.29 is 36.8 Å². The van der Waals surface area contributed by atoms with Gasteiger partial charge in [-0.3, -0.25) is 4.79 Å². The zero-order valence-corrected chi connectivity index (χ0v) is 21.9. The summed E-state index contributed by atoms with van der Waals surface area (Å²) in [6, 6.07) is 12.8. The molecule has 1 heterocycles. The Morgan fingerprint density at radius 1 is 1.00 bits per heavy atom. The third kappa shape index (κ3) is 4.71. The van der Waals surface area contributed by atoms with Crippen molar-refractivity contribution in [3.8, 4) is 11.5 Å². The van der Waals surface area contributed by atoms with Crippen LogP contribution in [0.1, 0.15) is 39.0 Å². The lowest BCUT2D eigenvalue weighted by Crippen LogP contribution is -2.12. The van der Waals surface area contributed by atoms with Crippen LogP contribution in [0.3, 0.4) is 0 Å². The molecule has 0 atom stereocenters. The molecule has 4 rings (SSSR count). The van der Waals surface area contributed by atoms with E-state index in [-0.39, 0.29) is 31.6 Å². The molecule has 2 N–H and O–H groups in total. The fourth-order valence-corrected chi connectivity index (χ4v) is 6.13. The highest BCUT2D eigenvalue weighted by Gasteiger charge is 2.27. The molecule has 0 saturated carbocycles. The quantitative estimate of drug-likeness (QED) is 0.191. The summed E-state index contributed by atoms with van der Waals surface area (Å²) in [4.78, 5) is 23.8. The summed E-state index contributed by atoms with van der Waals surface area (Å²) in [5, 5.41) is 19.7. The van der Waals surface area contributed by atoms with Crippen molar-refractivity contribution in [1.82, 2.24) is 0 Å². The third-order valence-corrected chi connectivity index (χ3v) is 7.59. The van der Waals surface area contributed by atoms with Gasteiger partial charge in [-0.25, -0.2) is 4.79 Å². The maximum atomic E-state index is 13.4. The Morgan fingerprint density at radius 3 is 2.26 bits per heavy atom. The van der Waals surface area contributed by atoms with Crippen LogP contribution in [0.25, 0.3) is 11.0 Å². The Bertz CT molecular complexity index is 1580. The molecule has 0 fully saturated rings. The van der Waals surface area contributed by atoms with Crippen molar-refractivity contribution in [2.75, 3.05) is 0 Å². The lowest BCUT2D eigenvalue weighted by atomic mass is 9.99. The largest absolute Gasteiger partial charge is 0.506 e. The molecule has 1 aromatic heterocycles. The van der Waals surface area contributed by atoms with Gasteiger partial charge in [0.1, 0.15) is 22.0 Å². The number of carbonyl (C=O) groups is 2. The number of phenolic OH excluding ortho intramolecular Hbond substituents is 1. The molecule has 0 unspecified atom stereocenters. The van der Waals surface area contributed by atoms with Crippen molar-refractivity contribution in [2.24, 2.45) is 0 Å². The van der Waals surface area contributed by atoms with E-state index in [9.17, 15) is 23.1 Å². The molecule has 180 valence electrons. The number of furan rings is 1. The molecule has 35 heavy (non-hydrogen) atoms. The van der Waals surface area contributed by atoms with E-state index >= 15 is 0 Å². The maximum Gasteiger partial charge on any atom is 0.343 e. The van der Waals surface area contributed by atoms with E-state index in [2.05, 4.69) is 31.9 Å². The van der Waals surface area contributed by atoms with E-state index in [0.29, 0.717) is 28.7 Å². The van der Waals surface area contributed by atoms with Crippen molar-refractivity contribution >= 4 is 64.7 Å². The summed E-state index contributed by atoms with van der Waals surface area (Å²) in [5.41, 5.74) is 0.977. The number of aromatic carboxylic acids is 1. The van der Waals surface area contributed by atoms with E-state index in [1.165, 1.54) is 12.1 Å². The van der Waals surface area contributed by atoms with E-state index in [1.54, 1.807) is 18.2 Å². The van der Waals surface area contributed by atoms with Gasteiger partial charge in [-0.05, 0) is 68.3 Å². The molecule has 4 aromatic rings. The van der Waals surface area contributed by atoms with E-state index in [0.717, 1.165) is 18.2 Å². The predicted octanol–water partition coefficient (Wildman–Crippen LogP) is 5.92. The number of aromatic hydroxyl groups is 1. The standard InChI is InChI=1S/C24H16Br2O8S/c1-2-18-21(14-5-3-4-6-19(14)33-18)22(28)13-9-15(25)23(16(26)10-13)34-35(31,32)20-8-7-12(24(29)30)11-17(20)27/h3-11,27H,2H2,1H3,(H,29,30). The van der Waals surface area contributed by atoms with Gasteiger partial charge in [-0.1, -0.05) is 25.1 Å². The second-order valence-corrected chi connectivity index (χ2v) is 10.6. The molecule has 0 bridgehead atoms. The van der Waals surface area contributed by atoms with Gasteiger partial charge < -0.3 is 18.8 Å². The smallest absolute Gasteiger partial charge is 0.343 e. The minimum Gasteiger partial charge on any atom is -0.506 e. The average Bonchev–Trinajstić information content (AvgIpc) is 3.19. The van der Waals surface area contributed by atoms with Crippen molar-refractivity contribution in [2.45, 2.75) is 18.2 Å². The number of benzene rings is 3. The van der Waals surface area contributed by atoms with Crippen LogP contribution in [0.15, 0.2) is 72.9 Å². The molecule has 0 aliphatic rings. The fraction of sp³-hybridized carbons (Fsp3) is 0.0833. The Kier molecular flexibility index (Phi) is 6.76. The number of fused-ring (bicyclic) bond motifs is 1. The minimum atomic E-state index is -4.55. The number of halogens is 2. The number of carbonyl (C=O) groups excluding carboxylic acids is 1. The van der Waals surface area contributed by atoms with E-state index in [1.807, 2.05) is 13.0 Å². The Hall–Kier alpha value is -3.15. The molecule has 0 amide bonds. The number of para-hydroxylation sites is 1. The van der Waals surface area contributed by atoms with Crippen molar-refractivity contribution in [3.05, 3.63) is 86.0 Å². The fourth-order valence-electron chi connectivity index (χ4n) is 3.53. The van der Waals surface area contributed by atoms with Crippen LogP contribution in [-0.4, -0.2) is 30.4 Å². The molecule has 0 aliphatic carbocycles. The van der Waals surface area contributed by atoms with Gasteiger partial charge in [0.25, 0.3) is 0 Å². The number of ketones is 1. The second-order valence-electron chi connectivity index (χ2n) is 7.37. The summed E-state index contributed by atoms with van der Waals surface area (Å²) in [5.74, 6) is -2.04. The van der Waals surface area contributed by atoms with Gasteiger partial charge in [0.05, 0.1) is 20.1 Å². The van der Waals surface area contributed by atoms with Crippen molar-refractivity contribution in [1.29, 1.82) is 0 Å². The first kappa shape index (κ1) is 25.0. The Labute approximate surface area is 216 Å². The first-order chi connectivity index (χ1) is 16.5. The van der Waals surface area contributed by atoms with Gasteiger partial charge in [-0.2, -0.15) is 8.42 Å². The van der Waals surface area contributed by atoms with Crippen LogP contribution in [0.4, 0.5) is 0 Å². The van der Waals surface area contributed by atoms with Gasteiger partial charge in [0.15, 0.2) is 11.5 Å². The summed E-state index contributed by atoms with van der Waals surface area (Å²) >= 11 is 6.51. The number of carboxylic acid groups (broad SMARTS) is 1. The number of hydrogen-bond acceptors (Lipinski definition) is 7. The van der Waals surface area contributed by atoms with Gasteiger partial charge in [-0.15, -0.1) is 0 Å². The van der Waals surface area contributed by atoms with Crippen LogP contribution >= 0.6 is 31.9 Å². The predicted molar refractivity (Wildman–Crippen MR) is 134 cm³/mol. The summed E-state index contributed by atoms with van der Waals surface area (Å²) < 4.78 is 36.9. The summed E-state index contributed by atoms with van der Waals surface area (Å²) in [6.07, 6.45) is 0.502. The van der Waals surface area contributed by atoms with Crippen LogP contribution in [0.2, 0.25) is 0 Å². The highest BCUT2D eigenvalue weighted by atomic mass is 79.9. The normalized spacial score (nSPS) is 11.5. The van der Waals surface area contributed by atoms with E-state index in [4.69, 9.17) is 13.7 Å². The van der Waals surface area contributed by atoms with E-state index < -0.39 is 26.7 Å². The monoisotopic (exact) mass is 622 g/mol. The van der Waals surface area contributed by atoms with Gasteiger partial charge in [0.2, 0.25) is 0 Å². The highest BCUT2D eigenvalue weighted by molar-refractivity contribution is 9.11. The second kappa shape index (κ2) is 9.48. The van der Waals surface area contributed by atoms with Gasteiger partial charge >= 0.3 is 16.1 Å². The van der Waals surface area contributed by atoms with Crippen molar-refractivity contribution in [3.63, 3.8) is 0 Å². The lowest BCUT2D eigenvalue weighted by Gasteiger charge is -2.13. The Morgan fingerprint density at radius 2 is 1.66 bits per heavy atom. The number of carboxylic acids is 1. The topological polar surface area (TPSA) is 131 Å². The first-order valence-electron chi connectivity index (χ1n) is 10.1. The molecule has 0 radical (unpaired) electrons. The SMILES string of the molecule is CCc1oc2ccccc2c1C(=O)c1cc(Br)c(OS(=O)(=O)c2ccc(C(=O)O)cc2O)c(Br)c1. The number of aryl methyl sites for hydroxylation is 1.